The minimum Gasteiger partial charge on any atom is -0.306 e. The Balaban J connectivity index is 1.86. The third-order valence-electron chi connectivity index (χ3n) is 3.77. The summed E-state index contributed by atoms with van der Waals surface area (Å²) < 4.78 is 0. The van der Waals surface area contributed by atoms with Crippen LogP contribution in [-0.2, 0) is 0 Å². The second-order valence-electron chi connectivity index (χ2n) is 4.71. The number of allylic oxidation sites excluding steroid dienone is 1. The average molecular weight is 165 g/mol. The Morgan fingerprint density at radius 3 is 2.42 bits per heavy atom. The van der Waals surface area contributed by atoms with E-state index in [4.69, 9.17) is 0 Å². The molecule has 1 nitrogen and oxygen atoms in total. The summed E-state index contributed by atoms with van der Waals surface area (Å²) >= 11 is 0. The highest BCUT2D eigenvalue weighted by Gasteiger charge is 2.43. The van der Waals surface area contributed by atoms with E-state index in [-0.39, 0.29) is 0 Å². The summed E-state index contributed by atoms with van der Waals surface area (Å²) in [5, 5.41) is 0. The van der Waals surface area contributed by atoms with E-state index >= 15 is 0 Å². The molecule has 0 aromatic carbocycles. The number of piperidine rings is 1. The van der Waals surface area contributed by atoms with Gasteiger partial charge in [0.15, 0.2) is 0 Å². The summed E-state index contributed by atoms with van der Waals surface area (Å²) in [6.07, 6.45) is 7.83. The van der Waals surface area contributed by atoms with Gasteiger partial charge in [-0.05, 0) is 57.2 Å². The van der Waals surface area contributed by atoms with Crippen molar-refractivity contribution in [2.75, 3.05) is 20.1 Å². The van der Waals surface area contributed by atoms with Gasteiger partial charge in [-0.1, -0.05) is 6.08 Å². The molecular weight excluding hydrogens is 146 g/mol. The molecule has 0 aromatic heterocycles. The van der Waals surface area contributed by atoms with Crippen LogP contribution in [0.15, 0.2) is 12.7 Å². The quantitative estimate of drug-likeness (QED) is 0.539. The highest BCUT2D eigenvalue weighted by molar-refractivity contribution is 5.02. The van der Waals surface area contributed by atoms with Crippen LogP contribution in [0.1, 0.15) is 25.7 Å². The molecular formula is C11H19N. The van der Waals surface area contributed by atoms with Crippen molar-refractivity contribution in [1.29, 1.82) is 0 Å². The van der Waals surface area contributed by atoms with E-state index < -0.39 is 0 Å². The molecule has 68 valence electrons. The maximum absolute atomic E-state index is 3.87. The monoisotopic (exact) mass is 165 g/mol. The molecule has 1 saturated carbocycles. The van der Waals surface area contributed by atoms with Crippen molar-refractivity contribution in [3.8, 4) is 0 Å². The SMILES string of the molecule is C=CC1CC2(CCN(C)CC2)C1. The standard InChI is InChI=1S/C11H19N/c1-3-10-8-11(9-10)4-6-12(2)7-5-11/h3,10H,1,4-9H2,2H3. The molecule has 1 spiro atoms. The maximum Gasteiger partial charge on any atom is -0.00165 e. The number of likely N-dealkylation sites (tertiary alicyclic amines) is 1. The van der Waals surface area contributed by atoms with Crippen molar-refractivity contribution in [2.24, 2.45) is 11.3 Å². The molecule has 1 heteroatoms. The van der Waals surface area contributed by atoms with Crippen molar-refractivity contribution >= 4 is 0 Å². The van der Waals surface area contributed by atoms with Crippen LogP contribution < -0.4 is 0 Å². The lowest BCUT2D eigenvalue weighted by Crippen LogP contribution is -2.45. The summed E-state index contributed by atoms with van der Waals surface area (Å²) in [5.41, 5.74) is 0.741. The number of nitrogens with zero attached hydrogens (tertiary/aromatic N) is 1. The lowest BCUT2D eigenvalue weighted by atomic mass is 9.58. The molecule has 0 aromatic rings. The van der Waals surface area contributed by atoms with Crippen molar-refractivity contribution in [3.05, 3.63) is 12.7 Å². The van der Waals surface area contributed by atoms with Crippen LogP contribution in [0.5, 0.6) is 0 Å². The molecule has 1 saturated heterocycles. The topological polar surface area (TPSA) is 3.24 Å². The fourth-order valence-electron chi connectivity index (χ4n) is 2.72. The Labute approximate surface area is 75.4 Å². The van der Waals surface area contributed by atoms with E-state index in [1.54, 1.807) is 0 Å². The second-order valence-corrected chi connectivity index (χ2v) is 4.71. The number of rotatable bonds is 1. The normalized spacial score (nSPS) is 30.1. The van der Waals surface area contributed by atoms with Crippen molar-refractivity contribution in [3.63, 3.8) is 0 Å². The van der Waals surface area contributed by atoms with Gasteiger partial charge in [-0.2, -0.15) is 0 Å². The van der Waals surface area contributed by atoms with Gasteiger partial charge in [0.2, 0.25) is 0 Å². The molecule has 0 bridgehead atoms. The van der Waals surface area contributed by atoms with E-state index in [0.717, 1.165) is 11.3 Å². The van der Waals surface area contributed by atoms with Gasteiger partial charge in [0, 0.05) is 0 Å². The Morgan fingerprint density at radius 1 is 1.33 bits per heavy atom. The fourth-order valence-corrected chi connectivity index (χ4v) is 2.72. The van der Waals surface area contributed by atoms with E-state index in [2.05, 4.69) is 24.6 Å². The summed E-state index contributed by atoms with van der Waals surface area (Å²) in [7, 11) is 2.23. The molecule has 0 radical (unpaired) electrons. The molecule has 2 rings (SSSR count). The Bertz CT molecular complexity index is 169. The first-order valence-electron chi connectivity index (χ1n) is 5.05. The Kier molecular flexibility index (Phi) is 1.99. The largest absolute Gasteiger partial charge is 0.306 e. The first kappa shape index (κ1) is 8.31. The van der Waals surface area contributed by atoms with E-state index in [9.17, 15) is 0 Å². The zero-order chi connectivity index (χ0) is 8.60. The third kappa shape index (κ3) is 1.31. The van der Waals surface area contributed by atoms with Gasteiger partial charge in [-0.3, -0.25) is 0 Å². The number of hydrogen-bond acceptors (Lipinski definition) is 1. The molecule has 1 heterocycles. The predicted molar refractivity (Wildman–Crippen MR) is 52.1 cm³/mol. The first-order chi connectivity index (χ1) is 5.74. The van der Waals surface area contributed by atoms with Crippen molar-refractivity contribution in [1.82, 2.24) is 4.90 Å². The zero-order valence-corrected chi connectivity index (χ0v) is 8.05. The highest BCUT2D eigenvalue weighted by atomic mass is 15.1. The summed E-state index contributed by atoms with van der Waals surface area (Å²) in [6.45, 7) is 6.48. The smallest absolute Gasteiger partial charge is 0.00165 e. The Morgan fingerprint density at radius 2 is 1.92 bits per heavy atom. The zero-order valence-electron chi connectivity index (χ0n) is 8.05. The molecule has 2 fully saturated rings. The molecule has 1 aliphatic carbocycles. The van der Waals surface area contributed by atoms with E-state index in [1.165, 1.54) is 38.8 Å². The van der Waals surface area contributed by atoms with Gasteiger partial charge in [0.25, 0.3) is 0 Å². The first-order valence-corrected chi connectivity index (χ1v) is 5.05. The number of hydrogen-bond donors (Lipinski definition) is 0. The minimum atomic E-state index is 0.741. The molecule has 0 N–H and O–H groups in total. The summed E-state index contributed by atoms with van der Waals surface area (Å²) in [5.74, 6) is 0.841. The van der Waals surface area contributed by atoms with Gasteiger partial charge in [-0.15, -0.1) is 6.58 Å². The predicted octanol–water partition coefficient (Wildman–Crippen LogP) is 2.29. The van der Waals surface area contributed by atoms with Crippen molar-refractivity contribution < 1.29 is 0 Å². The molecule has 2 aliphatic rings. The Hall–Kier alpha value is -0.300. The maximum atomic E-state index is 3.87. The summed E-state index contributed by atoms with van der Waals surface area (Å²) in [6, 6.07) is 0. The summed E-state index contributed by atoms with van der Waals surface area (Å²) in [4.78, 5) is 2.45. The van der Waals surface area contributed by atoms with Crippen LogP contribution in [0.2, 0.25) is 0 Å². The van der Waals surface area contributed by atoms with Crippen LogP contribution in [0.4, 0.5) is 0 Å². The van der Waals surface area contributed by atoms with Crippen LogP contribution >= 0.6 is 0 Å². The molecule has 0 amide bonds. The van der Waals surface area contributed by atoms with Crippen LogP contribution in [-0.4, -0.2) is 25.0 Å². The van der Waals surface area contributed by atoms with Gasteiger partial charge in [0.1, 0.15) is 0 Å². The molecule has 0 unspecified atom stereocenters. The third-order valence-corrected chi connectivity index (χ3v) is 3.77. The lowest BCUT2D eigenvalue weighted by molar-refractivity contribution is 0.0122. The molecule has 1 aliphatic heterocycles. The van der Waals surface area contributed by atoms with Gasteiger partial charge >= 0.3 is 0 Å². The molecule has 12 heavy (non-hydrogen) atoms. The van der Waals surface area contributed by atoms with Crippen LogP contribution in [0, 0.1) is 11.3 Å². The lowest BCUT2D eigenvalue weighted by Gasteiger charge is -2.51. The fraction of sp³-hybridized carbons (Fsp3) is 0.818. The van der Waals surface area contributed by atoms with Gasteiger partial charge < -0.3 is 4.90 Å². The highest BCUT2D eigenvalue weighted by Crippen LogP contribution is 2.52. The second kappa shape index (κ2) is 2.88. The van der Waals surface area contributed by atoms with Crippen LogP contribution in [0.25, 0.3) is 0 Å². The van der Waals surface area contributed by atoms with E-state index in [0.29, 0.717) is 0 Å². The van der Waals surface area contributed by atoms with Crippen molar-refractivity contribution in [2.45, 2.75) is 25.7 Å². The van der Waals surface area contributed by atoms with Crippen LogP contribution in [0.3, 0.4) is 0 Å². The van der Waals surface area contributed by atoms with Gasteiger partial charge in [0.05, 0.1) is 0 Å². The minimum absolute atomic E-state index is 0.741. The average Bonchev–Trinajstić information content (AvgIpc) is 2.02. The van der Waals surface area contributed by atoms with Gasteiger partial charge in [-0.25, -0.2) is 0 Å². The molecule has 0 atom stereocenters. The van der Waals surface area contributed by atoms with E-state index in [1.807, 2.05) is 0 Å².